The summed E-state index contributed by atoms with van der Waals surface area (Å²) in [7, 11) is 0. The second-order valence-electron chi connectivity index (χ2n) is 3.56. The summed E-state index contributed by atoms with van der Waals surface area (Å²) in [6.45, 7) is 4.16. The molecule has 2 rings (SSSR count). The van der Waals surface area contributed by atoms with E-state index in [1.807, 2.05) is 19.1 Å². The molecule has 0 fully saturated rings. The van der Waals surface area contributed by atoms with Gasteiger partial charge in [0, 0.05) is 15.6 Å². The Labute approximate surface area is 103 Å². The first kappa shape index (κ1) is 10.9. The summed E-state index contributed by atoms with van der Waals surface area (Å²) < 4.78 is 0.900. The average molecular weight is 285 g/mol. The van der Waals surface area contributed by atoms with Crippen LogP contribution in [0.2, 0.25) is 5.02 Å². The van der Waals surface area contributed by atoms with Crippen molar-refractivity contribution in [3.8, 4) is 0 Å². The molecule has 1 heterocycles. The summed E-state index contributed by atoms with van der Waals surface area (Å²) in [6.07, 6.45) is 0.998. The molecule has 0 aliphatic carbocycles. The van der Waals surface area contributed by atoms with Crippen LogP contribution >= 0.6 is 27.5 Å². The third-order valence-electron chi connectivity index (χ3n) is 2.45. The molecule has 0 spiro atoms. The molecular formula is C12H11BrClN. The van der Waals surface area contributed by atoms with E-state index < -0.39 is 0 Å². The number of fused-ring (bicyclic) bond motifs is 1. The van der Waals surface area contributed by atoms with Crippen LogP contribution in [-0.2, 0) is 6.42 Å². The number of rotatable bonds is 1. The van der Waals surface area contributed by atoms with E-state index in [-0.39, 0.29) is 0 Å². The molecule has 3 heteroatoms. The van der Waals surface area contributed by atoms with Crippen molar-refractivity contribution in [2.75, 3.05) is 0 Å². The molecule has 0 N–H and O–H groups in total. The summed E-state index contributed by atoms with van der Waals surface area (Å²) in [6, 6.07) is 6.07. The fourth-order valence-electron chi connectivity index (χ4n) is 1.73. The zero-order valence-corrected chi connectivity index (χ0v) is 11.0. The number of hydrogen-bond donors (Lipinski definition) is 0. The Kier molecular flexibility index (Phi) is 2.98. The molecule has 1 aromatic heterocycles. The second kappa shape index (κ2) is 4.11. The van der Waals surface area contributed by atoms with Crippen molar-refractivity contribution in [3.63, 3.8) is 0 Å². The highest BCUT2D eigenvalue weighted by Gasteiger charge is 2.06. The fraction of sp³-hybridized carbons (Fsp3) is 0.250. The van der Waals surface area contributed by atoms with Gasteiger partial charge >= 0.3 is 0 Å². The molecule has 0 unspecified atom stereocenters. The van der Waals surface area contributed by atoms with Crippen LogP contribution in [0, 0.1) is 6.92 Å². The van der Waals surface area contributed by atoms with Crippen molar-refractivity contribution < 1.29 is 0 Å². The fourth-order valence-corrected chi connectivity index (χ4v) is 2.23. The van der Waals surface area contributed by atoms with E-state index in [4.69, 9.17) is 11.6 Å². The molecule has 1 aromatic carbocycles. The third kappa shape index (κ3) is 2.01. The maximum Gasteiger partial charge on any atom is 0.0720 e. The van der Waals surface area contributed by atoms with Crippen molar-refractivity contribution in [2.45, 2.75) is 20.3 Å². The molecule has 0 saturated heterocycles. The van der Waals surface area contributed by atoms with Gasteiger partial charge in [0.05, 0.1) is 10.5 Å². The van der Waals surface area contributed by atoms with Crippen molar-refractivity contribution in [2.24, 2.45) is 0 Å². The Morgan fingerprint density at radius 1 is 1.33 bits per heavy atom. The Hall–Kier alpha value is -0.600. The van der Waals surface area contributed by atoms with Gasteiger partial charge in [-0.05, 0) is 53.0 Å². The number of benzene rings is 1. The zero-order chi connectivity index (χ0) is 11.0. The maximum absolute atomic E-state index is 6.08. The largest absolute Gasteiger partial charge is 0.253 e. The highest BCUT2D eigenvalue weighted by atomic mass is 79.9. The minimum absolute atomic E-state index is 0.739. The van der Waals surface area contributed by atoms with Gasteiger partial charge in [-0.2, -0.15) is 0 Å². The Morgan fingerprint density at radius 3 is 2.73 bits per heavy atom. The number of nitrogens with zero attached hydrogens (tertiary/aromatic N) is 1. The quantitative estimate of drug-likeness (QED) is 0.750. The van der Waals surface area contributed by atoms with Crippen LogP contribution in [-0.4, -0.2) is 4.98 Å². The molecule has 0 aliphatic heterocycles. The van der Waals surface area contributed by atoms with Crippen LogP contribution in [0.4, 0.5) is 0 Å². The molecule has 2 aromatic rings. The van der Waals surface area contributed by atoms with Crippen molar-refractivity contribution in [1.82, 2.24) is 4.98 Å². The number of pyridine rings is 1. The SMILES string of the molecule is CCc1cc(C)nc2cc(Br)c(Cl)cc12. The van der Waals surface area contributed by atoms with Gasteiger partial charge in [0.15, 0.2) is 0 Å². The standard InChI is InChI=1S/C12H11BrClN/c1-3-8-4-7(2)15-12-6-10(13)11(14)5-9(8)12/h4-6H,3H2,1-2H3. The van der Waals surface area contributed by atoms with E-state index in [1.54, 1.807) is 0 Å². The van der Waals surface area contributed by atoms with E-state index in [1.165, 1.54) is 5.56 Å². The van der Waals surface area contributed by atoms with Crippen LogP contribution in [0.5, 0.6) is 0 Å². The summed E-state index contributed by atoms with van der Waals surface area (Å²) in [4.78, 5) is 4.50. The van der Waals surface area contributed by atoms with E-state index in [2.05, 4.69) is 33.9 Å². The van der Waals surface area contributed by atoms with Crippen LogP contribution in [0.1, 0.15) is 18.2 Å². The third-order valence-corrected chi connectivity index (χ3v) is 3.64. The number of hydrogen-bond acceptors (Lipinski definition) is 1. The molecule has 0 atom stereocenters. The van der Waals surface area contributed by atoms with E-state index in [0.29, 0.717) is 0 Å². The van der Waals surface area contributed by atoms with Gasteiger partial charge in [0.2, 0.25) is 0 Å². The predicted octanol–water partition coefficient (Wildman–Crippen LogP) is 4.52. The number of aryl methyl sites for hydroxylation is 2. The molecule has 15 heavy (non-hydrogen) atoms. The first-order chi connectivity index (χ1) is 7.11. The lowest BCUT2D eigenvalue weighted by Crippen LogP contribution is -1.90. The van der Waals surface area contributed by atoms with Gasteiger partial charge in [-0.15, -0.1) is 0 Å². The highest BCUT2D eigenvalue weighted by molar-refractivity contribution is 9.10. The first-order valence-corrected chi connectivity index (χ1v) is 6.04. The van der Waals surface area contributed by atoms with Crippen molar-refractivity contribution >= 4 is 38.4 Å². The lowest BCUT2D eigenvalue weighted by Gasteiger charge is -2.07. The van der Waals surface area contributed by atoms with Crippen LogP contribution in [0.25, 0.3) is 10.9 Å². The maximum atomic E-state index is 6.08. The number of halogens is 2. The molecule has 0 radical (unpaired) electrons. The van der Waals surface area contributed by atoms with Gasteiger partial charge in [-0.3, -0.25) is 4.98 Å². The van der Waals surface area contributed by atoms with Crippen LogP contribution in [0.3, 0.4) is 0 Å². The molecule has 0 saturated carbocycles. The Bertz CT molecular complexity index is 523. The molecule has 78 valence electrons. The van der Waals surface area contributed by atoms with E-state index >= 15 is 0 Å². The monoisotopic (exact) mass is 283 g/mol. The second-order valence-corrected chi connectivity index (χ2v) is 4.82. The molecular weight excluding hydrogens is 273 g/mol. The minimum Gasteiger partial charge on any atom is -0.253 e. The van der Waals surface area contributed by atoms with Gasteiger partial charge in [-0.25, -0.2) is 0 Å². The van der Waals surface area contributed by atoms with Crippen molar-refractivity contribution in [1.29, 1.82) is 0 Å². The van der Waals surface area contributed by atoms with E-state index in [0.717, 1.165) is 32.5 Å². The average Bonchev–Trinajstić information content (AvgIpc) is 2.19. The summed E-state index contributed by atoms with van der Waals surface area (Å²) in [5, 5.41) is 1.89. The summed E-state index contributed by atoms with van der Waals surface area (Å²) in [5.74, 6) is 0. The topological polar surface area (TPSA) is 12.9 Å². The lowest BCUT2D eigenvalue weighted by molar-refractivity contribution is 1.12. The number of aromatic nitrogens is 1. The van der Waals surface area contributed by atoms with Crippen LogP contribution in [0.15, 0.2) is 22.7 Å². The predicted molar refractivity (Wildman–Crippen MR) is 68.6 cm³/mol. The van der Waals surface area contributed by atoms with Crippen LogP contribution < -0.4 is 0 Å². The normalized spacial score (nSPS) is 10.9. The van der Waals surface area contributed by atoms with E-state index in [9.17, 15) is 0 Å². The minimum atomic E-state index is 0.739. The van der Waals surface area contributed by atoms with Gasteiger partial charge in [0.1, 0.15) is 0 Å². The summed E-state index contributed by atoms with van der Waals surface area (Å²) >= 11 is 9.50. The molecule has 0 bridgehead atoms. The molecule has 0 aliphatic rings. The van der Waals surface area contributed by atoms with Crippen molar-refractivity contribution in [3.05, 3.63) is 39.0 Å². The van der Waals surface area contributed by atoms with Gasteiger partial charge in [0.25, 0.3) is 0 Å². The Morgan fingerprint density at radius 2 is 2.07 bits per heavy atom. The Balaban J connectivity index is 2.84. The van der Waals surface area contributed by atoms with Gasteiger partial charge < -0.3 is 0 Å². The van der Waals surface area contributed by atoms with Gasteiger partial charge in [-0.1, -0.05) is 18.5 Å². The first-order valence-electron chi connectivity index (χ1n) is 4.87. The smallest absolute Gasteiger partial charge is 0.0720 e. The zero-order valence-electron chi connectivity index (χ0n) is 8.64. The highest BCUT2D eigenvalue weighted by Crippen LogP contribution is 2.29. The molecule has 0 amide bonds. The lowest BCUT2D eigenvalue weighted by atomic mass is 10.1. The molecule has 1 nitrogen and oxygen atoms in total. The summed E-state index contributed by atoms with van der Waals surface area (Å²) in [5.41, 5.74) is 3.35.